The minimum Gasteiger partial charge on any atom is -0.490 e. The first kappa shape index (κ1) is 9.38. The average molecular weight is 182 g/mol. The molecule has 0 fully saturated rings. The van der Waals surface area contributed by atoms with Crippen LogP contribution < -0.4 is 9.47 Å². The zero-order chi connectivity index (χ0) is 9.84. The fourth-order valence-electron chi connectivity index (χ4n) is 0.930. The van der Waals surface area contributed by atoms with E-state index in [4.69, 9.17) is 19.4 Å². The van der Waals surface area contributed by atoms with Gasteiger partial charge in [-0.05, 0) is 12.1 Å². The maximum atomic E-state index is 9.00. The molecule has 2 heterocycles. The second-order valence-corrected chi connectivity index (χ2v) is 2.41. The number of rotatable bonds is 1. The number of benzene rings is 1. The molecule has 0 saturated carbocycles. The van der Waals surface area contributed by atoms with Gasteiger partial charge in [0.2, 0.25) is 5.75 Å². The third-order valence-corrected chi connectivity index (χ3v) is 1.37. The molecule has 0 aromatic heterocycles. The Bertz CT molecular complexity index is 295. The number of aliphatic carboxylic acids is 1. The summed E-state index contributed by atoms with van der Waals surface area (Å²) in [7, 11) is 1.64. The number of para-hydroxylation sites is 1. The highest BCUT2D eigenvalue weighted by atomic mass is 16.6. The quantitative estimate of drug-likeness (QED) is 0.731. The van der Waals surface area contributed by atoms with Gasteiger partial charge in [-0.2, -0.15) is 0 Å². The van der Waals surface area contributed by atoms with Gasteiger partial charge in [0.1, 0.15) is 0 Å². The standard InChI is InChI=1S/C7H6O2.C2H4O2/c1-8-7-5-3-2-4-6(7)9-5;1-2(3)4/h2-4H,1H3;1H3,(H,3,4). The van der Waals surface area contributed by atoms with Gasteiger partial charge in [0.05, 0.1) is 7.11 Å². The molecule has 3 rings (SSSR count). The number of carboxylic acid groups (broad SMARTS) is 1. The molecular weight excluding hydrogens is 172 g/mol. The Morgan fingerprint density at radius 2 is 1.92 bits per heavy atom. The number of methoxy groups -OCH3 is 1. The molecule has 4 heteroatoms. The maximum absolute atomic E-state index is 9.00. The zero-order valence-electron chi connectivity index (χ0n) is 7.40. The highest BCUT2D eigenvalue weighted by Crippen LogP contribution is 2.48. The van der Waals surface area contributed by atoms with Crippen LogP contribution in [0, 0.1) is 0 Å². The van der Waals surface area contributed by atoms with Crippen LogP contribution in [0.2, 0.25) is 0 Å². The SMILES string of the molecule is CC(=O)O.COc1c2cccc1O2. The first-order valence-electron chi connectivity index (χ1n) is 3.69. The molecule has 0 saturated heterocycles. The number of hydrogen-bond acceptors (Lipinski definition) is 3. The van der Waals surface area contributed by atoms with Crippen LogP contribution in [0.5, 0.6) is 17.2 Å². The zero-order valence-corrected chi connectivity index (χ0v) is 7.40. The second-order valence-electron chi connectivity index (χ2n) is 2.41. The summed E-state index contributed by atoms with van der Waals surface area (Å²) in [6.45, 7) is 1.08. The van der Waals surface area contributed by atoms with Gasteiger partial charge in [0, 0.05) is 6.92 Å². The minimum absolute atomic E-state index is 0.833. The molecule has 1 aromatic rings. The lowest BCUT2D eigenvalue weighted by atomic mass is 10.2. The van der Waals surface area contributed by atoms with Gasteiger partial charge in [-0.3, -0.25) is 4.79 Å². The van der Waals surface area contributed by atoms with E-state index in [0.717, 1.165) is 24.2 Å². The van der Waals surface area contributed by atoms with E-state index in [-0.39, 0.29) is 0 Å². The van der Waals surface area contributed by atoms with E-state index in [2.05, 4.69) is 0 Å². The van der Waals surface area contributed by atoms with E-state index < -0.39 is 5.97 Å². The molecule has 0 atom stereocenters. The maximum Gasteiger partial charge on any atom is 0.300 e. The molecule has 0 amide bonds. The molecule has 1 aromatic carbocycles. The molecule has 0 radical (unpaired) electrons. The van der Waals surface area contributed by atoms with E-state index >= 15 is 0 Å². The average Bonchev–Trinajstić information content (AvgIpc) is 2.05. The van der Waals surface area contributed by atoms with Crippen molar-refractivity contribution >= 4 is 5.97 Å². The van der Waals surface area contributed by atoms with Crippen molar-refractivity contribution in [2.75, 3.05) is 7.11 Å². The van der Waals surface area contributed by atoms with Crippen molar-refractivity contribution in [3.05, 3.63) is 18.2 Å². The summed E-state index contributed by atoms with van der Waals surface area (Å²) < 4.78 is 10.1. The van der Waals surface area contributed by atoms with Gasteiger partial charge in [-0.15, -0.1) is 0 Å². The van der Waals surface area contributed by atoms with Crippen molar-refractivity contribution in [1.82, 2.24) is 0 Å². The molecule has 0 spiro atoms. The highest BCUT2D eigenvalue weighted by molar-refractivity contribution is 5.63. The highest BCUT2D eigenvalue weighted by Gasteiger charge is 2.20. The van der Waals surface area contributed by atoms with E-state index in [1.165, 1.54) is 0 Å². The van der Waals surface area contributed by atoms with Gasteiger partial charge < -0.3 is 14.6 Å². The summed E-state index contributed by atoms with van der Waals surface area (Å²) in [5.74, 6) is 1.72. The molecule has 0 aliphatic carbocycles. The van der Waals surface area contributed by atoms with Crippen molar-refractivity contribution < 1.29 is 19.4 Å². The van der Waals surface area contributed by atoms with Crippen LogP contribution in [0.1, 0.15) is 6.92 Å². The molecule has 13 heavy (non-hydrogen) atoms. The van der Waals surface area contributed by atoms with E-state index in [1.807, 2.05) is 18.2 Å². The first-order chi connectivity index (χ1) is 6.15. The van der Waals surface area contributed by atoms with Crippen LogP contribution in [-0.2, 0) is 4.79 Å². The van der Waals surface area contributed by atoms with Crippen LogP contribution in [0.15, 0.2) is 18.2 Å². The molecule has 2 bridgehead atoms. The smallest absolute Gasteiger partial charge is 0.300 e. The van der Waals surface area contributed by atoms with Crippen molar-refractivity contribution in [3.8, 4) is 17.2 Å². The lowest BCUT2D eigenvalue weighted by Gasteiger charge is -2.21. The van der Waals surface area contributed by atoms with Gasteiger partial charge in [0.15, 0.2) is 11.5 Å². The van der Waals surface area contributed by atoms with Crippen LogP contribution >= 0.6 is 0 Å². The van der Waals surface area contributed by atoms with Crippen molar-refractivity contribution in [1.29, 1.82) is 0 Å². The van der Waals surface area contributed by atoms with Crippen molar-refractivity contribution in [3.63, 3.8) is 0 Å². The molecule has 70 valence electrons. The monoisotopic (exact) mass is 182 g/mol. The lowest BCUT2D eigenvalue weighted by Crippen LogP contribution is -2.00. The third kappa shape index (κ3) is 2.11. The third-order valence-electron chi connectivity index (χ3n) is 1.37. The largest absolute Gasteiger partial charge is 0.490 e. The van der Waals surface area contributed by atoms with E-state index in [0.29, 0.717) is 0 Å². The number of carboxylic acids is 1. The van der Waals surface area contributed by atoms with Crippen LogP contribution in [0.25, 0.3) is 0 Å². The topological polar surface area (TPSA) is 55.8 Å². The predicted molar refractivity (Wildman–Crippen MR) is 46.4 cm³/mol. The predicted octanol–water partition coefficient (Wildman–Crippen LogP) is 1.89. The Hall–Kier alpha value is -1.71. The lowest BCUT2D eigenvalue weighted by molar-refractivity contribution is -0.134. The molecule has 0 unspecified atom stereocenters. The number of fused-ring (bicyclic) bond motifs is 2. The number of carbonyl (C=O) groups is 1. The Morgan fingerprint density at radius 3 is 2.15 bits per heavy atom. The normalized spacial score (nSPS) is 10.0. The fourth-order valence-corrected chi connectivity index (χ4v) is 0.930. The fraction of sp³-hybridized carbons (Fsp3) is 0.222. The van der Waals surface area contributed by atoms with E-state index in [1.54, 1.807) is 7.11 Å². The van der Waals surface area contributed by atoms with Gasteiger partial charge in [-0.1, -0.05) is 6.07 Å². The molecule has 2 aliphatic rings. The Kier molecular flexibility index (Phi) is 2.74. The van der Waals surface area contributed by atoms with Gasteiger partial charge >= 0.3 is 0 Å². The summed E-state index contributed by atoms with van der Waals surface area (Å²) in [5.41, 5.74) is 0. The first-order valence-corrected chi connectivity index (χ1v) is 3.69. The summed E-state index contributed by atoms with van der Waals surface area (Å²) in [5, 5.41) is 7.42. The summed E-state index contributed by atoms with van der Waals surface area (Å²) in [4.78, 5) is 9.00. The van der Waals surface area contributed by atoms with Gasteiger partial charge in [0.25, 0.3) is 5.97 Å². The van der Waals surface area contributed by atoms with Crippen LogP contribution in [0.3, 0.4) is 0 Å². The van der Waals surface area contributed by atoms with Crippen LogP contribution in [-0.4, -0.2) is 18.2 Å². The Morgan fingerprint density at radius 1 is 1.46 bits per heavy atom. The summed E-state index contributed by atoms with van der Waals surface area (Å²) in [6, 6.07) is 5.70. The number of ether oxygens (including phenoxy) is 2. The molecular formula is C9H10O4. The molecule has 4 nitrogen and oxygen atoms in total. The van der Waals surface area contributed by atoms with Crippen molar-refractivity contribution in [2.24, 2.45) is 0 Å². The van der Waals surface area contributed by atoms with E-state index in [9.17, 15) is 0 Å². The summed E-state index contributed by atoms with van der Waals surface area (Å²) >= 11 is 0. The van der Waals surface area contributed by atoms with Gasteiger partial charge in [-0.25, -0.2) is 0 Å². The molecule has 1 N–H and O–H groups in total. The molecule has 2 aliphatic heterocycles. The minimum atomic E-state index is -0.833. The van der Waals surface area contributed by atoms with Crippen molar-refractivity contribution in [2.45, 2.75) is 6.92 Å². The second kappa shape index (κ2) is 3.80. The number of hydrogen-bond donors (Lipinski definition) is 1. The summed E-state index contributed by atoms with van der Waals surface area (Å²) in [6.07, 6.45) is 0. The Labute approximate surface area is 75.7 Å². The van der Waals surface area contributed by atoms with Crippen LogP contribution in [0.4, 0.5) is 0 Å². The Balaban J connectivity index is 0.000000184.